The standard InChI is InChI=1S/C22H32O4/c1-12(2)13-17(24-6)14-15(19(26-8)18(13)25-7)22(5)11-9-10-21(3,4)20(22)16(14)23/h12,20H,9-11H2,1-8H3/t20-,22-/m1/s1. The molecule has 0 N–H and O–H groups in total. The fourth-order valence-corrected chi connectivity index (χ4v) is 5.73. The molecule has 1 fully saturated rings. The number of hydrogen-bond donors (Lipinski definition) is 0. The van der Waals surface area contributed by atoms with E-state index in [2.05, 4.69) is 34.6 Å². The number of Topliss-reactive ketones (excluding diaryl/α,β-unsaturated/α-hetero) is 1. The summed E-state index contributed by atoms with van der Waals surface area (Å²) in [6, 6.07) is 0. The highest BCUT2D eigenvalue weighted by atomic mass is 16.5. The van der Waals surface area contributed by atoms with Crippen LogP contribution in [0.25, 0.3) is 0 Å². The van der Waals surface area contributed by atoms with Crippen LogP contribution in [0.2, 0.25) is 0 Å². The van der Waals surface area contributed by atoms with Gasteiger partial charge in [0, 0.05) is 22.5 Å². The molecule has 0 saturated heterocycles. The zero-order chi connectivity index (χ0) is 19.4. The van der Waals surface area contributed by atoms with E-state index in [1.807, 2.05) is 0 Å². The lowest BCUT2D eigenvalue weighted by Crippen LogP contribution is -2.44. The number of carbonyl (C=O) groups is 1. The fourth-order valence-electron chi connectivity index (χ4n) is 5.73. The van der Waals surface area contributed by atoms with Gasteiger partial charge in [0.1, 0.15) is 5.75 Å². The number of carbonyl (C=O) groups excluding carboxylic acids is 1. The van der Waals surface area contributed by atoms with Gasteiger partial charge in [0.25, 0.3) is 0 Å². The van der Waals surface area contributed by atoms with Gasteiger partial charge in [-0.05, 0) is 24.2 Å². The number of methoxy groups -OCH3 is 3. The highest BCUT2D eigenvalue weighted by Gasteiger charge is 2.59. The van der Waals surface area contributed by atoms with Crippen molar-refractivity contribution in [3.05, 3.63) is 16.7 Å². The van der Waals surface area contributed by atoms with Gasteiger partial charge in [0.15, 0.2) is 17.3 Å². The van der Waals surface area contributed by atoms with E-state index in [9.17, 15) is 4.79 Å². The van der Waals surface area contributed by atoms with Crippen molar-refractivity contribution in [1.29, 1.82) is 0 Å². The van der Waals surface area contributed by atoms with E-state index in [1.165, 1.54) is 0 Å². The summed E-state index contributed by atoms with van der Waals surface area (Å²) < 4.78 is 17.5. The minimum absolute atomic E-state index is 0.0512. The molecular formula is C22H32O4. The SMILES string of the molecule is COc1c(OC)c2c(c(OC)c1C(C)C)C(=O)[C@@H]1C(C)(C)CCC[C@]21C. The molecule has 1 aromatic carbocycles. The predicted octanol–water partition coefficient (Wildman–Crippen LogP) is 5.12. The molecule has 2 aliphatic rings. The van der Waals surface area contributed by atoms with Crippen molar-refractivity contribution in [2.45, 2.75) is 65.2 Å². The zero-order valence-electron chi connectivity index (χ0n) is 17.4. The number of fused-ring (bicyclic) bond motifs is 3. The number of hydrogen-bond acceptors (Lipinski definition) is 4. The minimum atomic E-state index is -0.254. The first-order valence-corrected chi connectivity index (χ1v) is 9.56. The third-order valence-electron chi connectivity index (χ3n) is 6.60. The number of ketones is 1. The monoisotopic (exact) mass is 360 g/mol. The molecule has 0 radical (unpaired) electrons. The van der Waals surface area contributed by atoms with Crippen molar-refractivity contribution >= 4 is 5.78 Å². The molecule has 4 nitrogen and oxygen atoms in total. The molecule has 144 valence electrons. The summed E-state index contributed by atoms with van der Waals surface area (Å²) in [6.07, 6.45) is 3.14. The minimum Gasteiger partial charge on any atom is -0.496 e. The Morgan fingerprint density at radius 1 is 0.923 bits per heavy atom. The Morgan fingerprint density at radius 3 is 2.00 bits per heavy atom. The fraction of sp³-hybridized carbons (Fsp3) is 0.682. The lowest BCUT2D eigenvalue weighted by Gasteiger charge is -2.46. The normalized spacial score (nSPS) is 26.5. The van der Waals surface area contributed by atoms with E-state index >= 15 is 0 Å². The molecule has 2 aliphatic carbocycles. The van der Waals surface area contributed by atoms with Gasteiger partial charge in [-0.1, -0.05) is 41.0 Å². The molecule has 2 atom stereocenters. The highest BCUT2D eigenvalue weighted by Crippen LogP contribution is 2.64. The summed E-state index contributed by atoms with van der Waals surface area (Å²) in [4.78, 5) is 13.7. The molecular weight excluding hydrogens is 328 g/mol. The van der Waals surface area contributed by atoms with Gasteiger partial charge >= 0.3 is 0 Å². The zero-order valence-corrected chi connectivity index (χ0v) is 17.4. The van der Waals surface area contributed by atoms with E-state index < -0.39 is 0 Å². The number of benzene rings is 1. The van der Waals surface area contributed by atoms with E-state index in [1.54, 1.807) is 21.3 Å². The second-order valence-corrected chi connectivity index (χ2v) is 8.97. The second kappa shape index (κ2) is 6.17. The van der Waals surface area contributed by atoms with Gasteiger partial charge in [-0.15, -0.1) is 0 Å². The average molecular weight is 360 g/mol. The smallest absolute Gasteiger partial charge is 0.171 e. The van der Waals surface area contributed by atoms with E-state index in [-0.39, 0.29) is 28.4 Å². The van der Waals surface area contributed by atoms with Crippen LogP contribution in [-0.2, 0) is 5.41 Å². The van der Waals surface area contributed by atoms with Crippen molar-refractivity contribution in [1.82, 2.24) is 0 Å². The molecule has 0 amide bonds. The maximum atomic E-state index is 13.7. The van der Waals surface area contributed by atoms with Crippen LogP contribution in [-0.4, -0.2) is 27.1 Å². The van der Waals surface area contributed by atoms with Crippen LogP contribution >= 0.6 is 0 Å². The van der Waals surface area contributed by atoms with Gasteiger partial charge in [-0.2, -0.15) is 0 Å². The summed E-state index contributed by atoms with van der Waals surface area (Å²) in [6.45, 7) is 10.8. The first-order valence-electron chi connectivity index (χ1n) is 9.56. The Balaban J connectivity index is 2.45. The van der Waals surface area contributed by atoms with Crippen LogP contribution in [0.1, 0.15) is 81.3 Å². The number of ether oxygens (including phenoxy) is 3. The van der Waals surface area contributed by atoms with E-state index in [0.29, 0.717) is 17.2 Å². The molecule has 26 heavy (non-hydrogen) atoms. The van der Waals surface area contributed by atoms with E-state index in [4.69, 9.17) is 14.2 Å². The van der Waals surface area contributed by atoms with Gasteiger partial charge in [-0.3, -0.25) is 4.79 Å². The molecule has 0 unspecified atom stereocenters. The quantitative estimate of drug-likeness (QED) is 0.748. The van der Waals surface area contributed by atoms with Crippen molar-refractivity contribution < 1.29 is 19.0 Å². The molecule has 0 aliphatic heterocycles. The molecule has 0 spiro atoms. The average Bonchev–Trinajstić information content (AvgIpc) is 2.81. The molecule has 3 rings (SSSR count). The van der Waals surface area contributed by atoms with Crippen LogP contribution < -0.4 is 14.2 Å². The Kier molecular flexibility index (Phi) is 4.53. The van der Waals surface area contributed by atoms with Gasteiger partial charge < -0.3 is 14.2 Å². The van der Waals surface area contributed by atoms with Gasteiger partial charge in [0.2, 0.25) is 0 Å². The van der Waals surface area contributed by atoms with Gasteiger partial charge in [-0.25, -0.2) is 0 Å². The van der Waals surface area contributed by atoms with Crippen molar-refractivity contribution in [2.75, 3.05) is 21.3 Å². The summed E-state index contributed by atoms with van der Waals surface area (Å²) in [5.41, 5.74) is 2.32. The van der Waals surface area contributed by atoms with Crippen LogP contribution in [0, 0.1) is 11.3 Å². The largest absolute Gasteiger partial charge is 0.496 e. The Morgan fingerprint density at radius 2 is 1.50 bits per heavy atom. The molecule has 1 aromatic rings. The maximum Gasteiger partial charge on any atom is 0.171 e. The summed E-state index contributed by atoms with van der Waals surface area (Å²) in [5, 5.41) is 0. The lowest BCUT2D eigenvalue weighted by molar-refractivity contribution is 0.0495. The third-order valence-corrected chi connectivity index (χ3v) is 6.60. The van der Waals surface area contributed by atoms with E-state index in [0.717, 1.165) is 36.0 Å². The van der Waals surface area contributed by atoms with Gasteiger partial charge in [0.05, 0.1) is 26.9 Å². The topological polar surface area (TPSA) is 44.8 Å². The van der Waals surface area contributed by atoms with Crippen LogP contribution in [0.5, 0.6) is 17.2 Å². The molecule has 0 bridgehead atoms. The van der Waals surface area contributed by atoms with Crippen LogP contribution in [0.15, 0.2) is 0 Å². The highest BCUT2D eigenvalue weighted by molar-refractivity contribution is 6.08. The number of rotatable bonds is 4. The van der Waals surface area contributed by atoms with Crippen LogP contribution in [0.3, 0.4) is 0 Å². The predicted molar refractivity (Wildman–Crippen MR) is 103 cm³/mol. The molecule has 1 saturated carbocycles. The summed E-state index contributed by atoms with van der Waals surface area (Å²) in [5.74, 6) is 2.37. The Labute approximate surface area is 157 Å². The summed E-state index contributed by atoms with van der Waals surface area (Å²) >= 11 is 0. The Hall–Kier alpha value is -1.71. The first-order chi connectivity index (χ1) is 12.2. The first kappa shape index (κ1) is 19.1. The molecule has 4 heteroatoms. The van der Waals surface area contributed by atoms with Crippen molar-refractivity contribution in [3.8, 4) is 17.2 Å². The van der Waals surface area contributed by atoms with Crippen molar-refractivity contribution in [2.24, 2.45) is 11.3 Å². The summed E-state index contributed by atoms with van der Waals surface area (Å²) in [7, 11) is 4.98. The second-order valence-electron chi connectivity index (χ2n) is 8.97. The Bertz CT molecular complexity index is 747. The third kappa shape index (κ3) is 2.30. The van der Waals surface area contributed by atoms with Crippen molar-refractivity contribution in [3.63, 3.8) is 0 Å². The molecule has 0 aromatic heterocycles. The molecule has 0 heterocycles. The lowest BCUT2D eigenvalue weighted by atomic mass is 9.56. The van der Waals surface area contributed by atoms with Crippen LogP contribution in [0.4, 0.5) is 0 Å². The maximum absolute atomic E-state index is 13.7.